The predicted octanol–water partition coefficient (Wildman–Crippen LogP) is 2.47. The van der Waals surface area contributed by atoms with E-state index in [0.717, 1.165) is 9.75 Å². The monoisotopic (exact) mass is 403 g/mol. The Bertz CT molecular complexity index is 844. The van der Waals surface area contributed by atoms with Gasteiger partial charge in [0.15, 0.2) is 0 Å². The number of anilines is 1. The van der Waals surface area contributed by atoms with Gasteiger partial charge in [0, 0.05) is 37.1 Å². The van der Waals surface area contributed by atoms with Crippen molar-refractivity contribution in [3.63, 3.8) is 0 Å². The van der Waals surface area contributed by atoms with Gasteiger partial charge in [0.25, 0.3) is 5.91 Å². The lowest BCUT2D eigenvalue weighted by Crippen LogP contribution is -2.50. The van der Waals surface area contributed by atoms with Crippen molar-refractivity contribution in [1.82, 2.24) is 9.80 Å². The highest BCUT2D eigenvalue weighted by atomic mass is 32.1. The molecule has 1 saturated heterocycles. The molecule has 2 aromatic rings. The van der Waals surface area contributed by atoms with Crippen molar-refractivity contribution >= 4 is 28.8 Å². The molecule has 1 N–H and O–H groups in total. The Balaban J connectivity index is 1.52. The standard InChI is InChI=1S/C20H25N3O4S/c1-14-4-7-18(28-14)20(25)23-10-8-22(9-11-23)13-19(24)21-16-12-15(26-2)5-6-17(16)27-3/h4-7,12H,8-11,13H2,1-3H3,(H,21,24). The van der Waals surface area contributed by atoms with Crippen LogP contribution in [0.25, 0.3) is 0 Å². The average Bonchev–Trinajstić information content (AvgIpc) is 3.14. The van der Waals surface area contributed by atoms with Crippen molar-refractivity contribution in [3.05, 3.63) is 40.1 Å². The van der Waals surface area contributed by atoms with Crippen molar-refractivity contribution in [3.8, 4) is 11.5 Å². The summed E-state index contributed by atoms with van der Waals surface area (Å²) in [7, 11) is 3.13. The molecule has 0 saturated carbocycles. The van der Waals surface area contributed by atoms with Crippen molar-refractivity contribution < 1.29 is 19.1 Å². The van der Waals surface area contributed by atoms with Gasteiger partial charge in [-0.2, -0.15) is 0 Å². The zero-order valence-electron chi connectivity index (χ0n) is 16.4. The fourth-order valence-electron chi connectivity index (χ4n) is 3.12. The smallest absolute Gasteiger partial charge is 0.264 e. The van der Waals surface area contributed by atoms with Crippen molar-refractivity contribution in [2.45, 2.75) is 6.92 Å². The van der Waals surface area contributed by atoms with E-state index in [0.29, 0.717) is 43.4 Å². The number of ether oxygens (including phenoxy) is 2. The lowest BCUT2D eigenvalue weighted by molar-refractivity contribution is -0.117. The molecule has 1 aliphatic heterocycles. The summed E-state index contributed by atoms with van der Waals surface area (Å²) in [5, 5.41) is 2.88. The fraction of sp³-hybridized carbons (Fsp3) is 0.400. The molecule has 7 nitrogen and oxygen atoms in total. The number of nitrogens with zero attached hydrogens (tertiary/aromatic N) is 2. The number of benzene rings is 1. The van der Waals surface area contributed by atoms with Gasteiger partial charge in [-0.05, 0) is 31.2 Å². The van der Waals surface area contributed by atoms with E-state index >= 15 is 0 Å². The van der Waals surface area contributed by atoms with Crippen molar-refractivity contribution in [1.29, 1.82) is 0 Å². The second kappa shape index (κ2) is 9.07. The third-order valence-corrected chi connectivity index (χ3v) is 5.65. The molecular formula is C20H25N3O4S. The Labute approximate surface area is 168 Å². The first kappa shape index (κ1) is 20.2. The molecule has 1 aliphatic rings. The number of hydrogen-bond donors (Lipinski definition) is 1. The van der Waals surface area contributed by atoms with E-state index in [4.69, 9.17) is 9.47 Å². The second-order valence-electron chi connectivity index (χ2n) is 6.59. The molecule has 2 heterocycles. The highest BCUT2D eigenvalue weighted by Crippen LogP contribution is 2.28. The molecule has 1 aromatic heterocycles. The topological polar surface area (TPSA) is 71.1 Å². The minimum Gasteiger partial charge on any atom is -0.497 e. The SMILES string of the molecule is COc1ccc(OC)c(NC(=O)CN2CCN(C(=O)c3ccc(C)s3)CC2)c1. The maximum atomic E-state index is 12.5. The number of rotatable bonds is 6. The Morgan fingerprint density at radius 3 is 2.43 bits per heavy atom. The summed E-state index contributed by atoms with van der Waals surface area (Å²) in [6.07, 6.45) is 0. The molecule has 0 unspecified atom stereocenters. The maximum absolute atomic E-state index is 12.5. The van der Waals surface area contributed by atoms with Gasteiger partial charge in [0.05, 0.1) is 31.3 Å². The minimum atomic E-state index is -0.125. The quantitative estimate of drug-likeness (QED) is 0.802. The molecule has 2 amide bonds. The van der Waals surface area contributed by atoms with E-state index in [1.54, 1.807) is 32.4 Å². The molecule has 0 aliphatic carbocycles. The molecule has 0 radical (unpaired) electrons. The van der Waals surface area contributed by atoms with E-state index in [-0.39, 0.29) is 18.4 Å². The van der Waals surface area contributed by atoms with Crippen LogP contribution in [0, 0.1) is 6.92 Å². The first-order valence-corrected chi connectivity index (χ1v) is 9.91. The molecule has 0 bridgehead atoms. The summed E-state index contributed by atoms with van der Waals surface area (Å²) < 4.78 is 10.5. The van der Waals surface area contributed by atoms with E-state index in [1.807, 2.05) is 28.9 Å². The minimum absolute atomic E-state index is 0.0725. The Morgan fingerprint density at radius 1 is 1.07 bits per heavy atom. The Hall–Kier alpha value is -2.58. The fourth-order valence-corrected chi connectivity index (χ4v) is 3.95. The summed E-state index contributed by atoms with van der Waals surface area (Å²) in [4.78, 5) is 30.8. The van der Waals surface area contributed by atoms with Crippen LogP contribution in [-0.4, -0.2) is 68.6 Å². The number of carbonyl (C=O) groups is 2. The van der Waals surface area contributed by atoms with Gasteiger partial charge >= 0.3 is 0 Å². The second-order valence-corrected chi connectivity index (χ2v) is 7.88. The van der Waals surface area contributed by atoms with Gasteiger partial charge in [-0.25, -0.2) is 0 Å². The molecule has 1 fully saturated rings. The van der Waals surface area contributed by atoms with Crippen molar-refractivity contribution in [2.75, 3.05) is 52.3 Å². The molecule has 3 rings (SSSR count). The summed E-state index contributed by atoms with van der Waals surface area (Å²) in [6.45, 7) is 4.82. The zero-order valence-corrected chi connectivity index (χ0v) is 17.2. The van der Waals surface area contributed by atoms with Gasteiger partial charge in [-0.3, -0.25) is 14.5 Å². The third-order valence-electron chi connectivity index (χ3n) is 4.66. The maximum Gasteiger partial charge on any atom is 0.264 e. The summed E-state index contributed by atoms with van der Waals surface area (Å²) in [6, 6.07) is 9.11. The number of piperazine rings is 1. The van der Waals surface area contributed by atoms with E-state index < -0.39 is 0 Å². The van der Waals surface area contributed by atoms with Crippen LogP contribution < -0.4 is 14.8 Å². The largest absolute Gasteiger partial charge is 0.497 e. The molecule has 28 heavy (non-hydrogen) atoms. The van der Waals surface area contributed by atoms with E-state index in [9.17, 15) is 9.59 Å². The molecule has 0 atom stereocenters. The molecule has 8 heteroatoms. The van der Waals surface area contributed by atoms with Crippen LogP contribution in [0.15, 0.2) is 30.3 Å². The molecule has 150 valence electrons. The zero-order chi connectivity index (χ0) is 20.1. The third kappa shape index (κ3) is 4.82. The first-order valence-electron chi connectivity index (χ1n) is 9.10. The molecule has 1 aromatic carbocycles. The van der Waals surface area contributed by atoms with Crippen LogP contribution in [0.4, 0.5) is 5.69 Å². The highest BCUT2D eigenvalue weighted by molar-refractivity contribution is 7.13. The number of amides is 2. The number of nitrogens with one attached hydrogen (secondary N) is 1. The summed E-state index contributed by atoms with van der Waals surface area (Å²) in [5.41, 5.74) is 0.578. The van der Waals surface area contributed by atoms with Crippen molar-refractivity contribution in [2.24, 2.45) is 0 Å². The number of carbonyl (C=O) groups excluding carboxylic acids is 2. The van der Waals surface area contributed by atoms with Crippen LogP contribution in [0.3, 0.4) is 0 Å². The Kier molecular flexibility index (Phi) is 6.53. The number of aryl methyl sites for hydroxylation is 1. The van der Waals surface area contributed by atoms with Gasteiger partial charge in [0.1, 0.15) is 11.5 Å². The van der Waals surface area contributed by atoms with Gasteiger partial charge < -0.3 is 19.7 Å². The van der Waals surface area contributed by atoms with E-state index in [2.05, 4.69) is 5.32 Å². The number of hydrogen-bond acceptors (Lipinski definition) is 6. The molecular weight excluding hydrogens is 378 g/mol. The number of methoxy groups -OCH3 is 2. The normalized spacial score (nSPS) is 14.6. The van der Waals surface area contributed by atoms with Gasteiger partial charge in [0.2, 0.25) is 5.91 Å². The average molecular weight is 404 g/mol. The highest BCUT2D eigenvalue weighted by Gasteiger charge is 2.24. The first-order chi connectivity index (χ1) is 13.5. The van der Waals surface area contributed by atoms with E-state index in [1.165, 1.54) is 11.3 Å². The lowest BCUT2D eigenvalue weighted by atomic mass is 10.2. The number of thiophene rings is 1. The Morgan fingerprint density at radius 2 is 1.82 bits per heavy atom. The van der Waals surface area contributed by atoms with Crippen LogP contribution in [-0.2, 0) is 4.79 Å². The van der Waals surface area contributed by atoms with Gasteiger partial charge in [-0.15, -0.1) is 11.3 Å². The van der Waals surface area contributed by atoms with Crippen LogP contribution in [0.5, 0.6) is 11.5 Å². The summed E-state index contributed by atoms with van der Waals surface area (Å²) in [5.74, 6) is 1.17. The lowest BCUT2D eigenvalue weighted by Gasteiger charge is -2.34. The van der Waals surface area contributed by atoms with Crippen LogP contribution >= 0.6 is 11.3 Å². The van der Waals surface area contributed by atoms with Crippen LogP contribution in [0.2, 0.25) is 0 Å². The molecule has 0 spiro atoms. The van der Waals surface area contributed by atoms with Gasteiger partial charge in [-0.1, -0.05) is 0 Å². The summed E-state index contributed by atoms with van der Waals surface area (Å²) >= 11 is 1.52. The van der Waals surface area contributed by atoms with Crippen LogP contribution in [0.1, 0.15) is 14.5 Å². The predicted molar refractivity (Wildman–Crippen MR) is 110 cm³/mol.